The van der Waals surface area contributed by atoms with Crippen LogP contribution in [0.2, 0.25) is 0 Å². The van der Waals surface area contributed by atoms with Crippen LogP contribution in [-0.4, -0.2) is 22.6 Å². The third-order valence-electron chi connectivity index (χ3n) is 23.8. The van der Waals surface area contributed by atoms with Gasteiger partial charge in [0, 0.05) is 73.1 Å². The molecule has 0 spiro atoms. The molecule has 0 atom stereocenters. The number of nitrogens with zero attached hydrogens (tertiary/aromatic N) is 4. The molecule has 0 N–H and O–H groups in total. The van der Waals surface area contributed by atoms with Gasteiger partial charge in [0.2, 0.25) is 0 Å². The molecule has 8 heteroatoms. The van der Waals surface area contributed by atoms with Gasteiger partial charge in [-0.2, -0.15) is 0 Å². The Kier molecular flexibility index (Phi) is 14.5. The molecule has 15 aromatic carbocycles. The summed E-state index contributed by atoms with van der Waals surface area (Å²) in [6.07, 6.45) is 0. The first-order chi connectivity index (χ1) is 53.5. The number of hydrogen-bond donors (Lipinski definition) is 0. The first kappa shape index (κ1) is 65.5. The number of fused-ring (bicyclic) bond motifs is 15. The molecule has 0 radical (unpaired) electrons. The summed E-state index contributed by atoms with van der Waals surface area (Å²) in [6, 6.07) is 120. The summed E-state index contributed by atoms with van der Waals surface area (Å²) in [6.45, 7) is 20.3. The molecule has 0 saturated carbocycles. The van der Waals surface area contributed by atoms with Gasteiger partial charge in [0.15, 0.2) is 0 Å². The summed E-state index contributed by atoms with van der Waals surface area (Å²) < 4.78 is 21.5. The highest BCUT2D eigenvalue weighted by Gasteiger charge is 2.52. The fourth-order valence-electron chi connectivity index (χ4n) is 18.6. The van der Waals surface area contributed by atoms with Crippen molar-refractivity contribution in [3.63, 3.8) is 0 Å². The van der Waals surface area contributed by atoms with Gasteiger partial charge in [-0.05, 0) is 166 Å². The molecule has 6 heterocycles. The molecule has 0 aliphatic carbocycles. The van der Waals surface area contributed by atoms with E-state index in [0.717, 1.165) is 151 Å². The van der Waals surface area contributed by atoms with E-state index in [1.165, 1.54) is 54.7 Å². The van der Waals surface area contributed by atoms with Crippen molar-refractivity contribution in [3.05, 3.63) is 338 Å². The predicted octanol–water partition coefficient (Wildman–Crippen LogP) is 23.3. The summed E-state index contributed by atoms with van der Waals surface area (Å²) in [5.41, 5.74) is 31.7. The lowest BCUT2D eigenvalue weighted by molar-refractivity contribution is 0.466. The molecule has 0 unspecified atom stereocenters. The van der Waals surface area contributed by atoms with Crippen molar-refractivity contribution in [3.8, 4) is 78.9 Å². The Balaban J connectivity index is 0.920. The largest absolute Gasteiger partial charge is 0.459 e. The summed E-state index contributed by atoms with van der Waals surface area (Å²) >= 11 is 0. The van der Waals surface area contributed by atoms with E-state index >= 15 is 0 Å². The molecule has 0 bridgehead atoms. The van der Waals surface area contributed by atoms with Crippen LogP contribution < -0.4 is 52.1 Å². The van der Waals surface area contributed by atoms with Crippen LogP contribution in [0.25, 0.3) is 99.5 Å². The summed E-state index contributed by atoms with van der Waals surface area (Å²) in [5.74, 6) is 3.15. The molecular weight excluding hydrogens is 1330 g/mol. The number of benzene rings is 15. The topological polar surface area (TPSA) is 34.8 Å². The normalized spacial score (nSPS) is 13.4. The predicted molar refractivity (Wildman–Crippen MR) is 465 cm³/mol. The van der Waals surface area contributed by atoms with Crippen LogP contribution >= 0.6 is 0 Å². The van der Waals surface area contributed by atoms with Gasteiger partial charge >= 0.3 is 0 Å². The van der Waals surface area contributed by atoms with Crippen molar-refractivity contribution < 1.29 is 9.47 Å². The smallest absolute Gasteiger partial charge is 0.260 e. The van der Waals surface area contributed by atoms with Gasteiger partial charge in [0.05, 0.1) is 39.1 Å². The second kappa shape index (κ2) is 24.4. The number of ether oxygens (including phenoxy) is 2. The van der Waals surface area contributed by atoms with E-state index in [1.54, 1.807) is 0 Å². The second-order valence-corrected chi connectivity index (χ2v) is 33.5. The first-order valence-corrected chi connectivity index (χ1v) is 38.8. The minimum atomic E-state index is -0.391. The fraction of sp³-hybridized carbons (Fsp3) is 0.118. The van der Waals surface area contributed by atoms with Gasteiger partial charge in [0.25, 0.3) is 13.4 Å². The number of rotatable bonds is 8. The zero-order valence-electron chi connectivity index (χ0n) is 63.4. The highest BCUT2D eigenvalue weighted by Crippen LogP contribution is 2.54. The third kappa shape index (κ3) is 10.1. The lowest BCUT2D eigenvalue weighted by Crippen LogP contribution is -2.65. The standard InChI is InChI=1S/C102H80B2N4O2/c1-100(2,3)70-49-45-66(46-50-70)73-35-19-24-40-82(73)107-89-59-71(101(4,5)6)60-90-95(89)104(79-53-48-68(64-31-15-11-16-32-64)57-88(79)108(90)87-56-67(63-29-13-10-14-30-63)47-52-78(87)102(7,8)9)96-91(107)62-94-97-99(96)109-93-61-72(105-83-41-25-20-36-74(83)75-37-21-26-42-84(75)105)51-54-80(93)103(97)81-55-69(65-33-17-12-18-34-65)58-92(98(81)110-94)106-85-43-27-22-38-76(85)77-39-23-28-44-86(77)106/h10-62H,1-9H3. The number of para-hydroxylation sites is 5. The van der Waals surface area contributed by atoms with Crippen molar-refractivity contribution >= 4 is 124 Å². The molecule has 526 valence electrons. The van der Waals surface area contributed by atoms with Crippen molar-refractivity contribution in [2.24, 2.45) is 0 Å². The maximum Gasteiger partial charge on any atom is 0.260 e. The highest BCUT2D eigenvalue weighted by molar-refractivity contribution is 7.03. The molecule has 0 saturated heterocycles. The molecule has 17 aromatic rings. The summed E-state index contributed by atoms with van der Waals surface area (Å²) in [4.78, 5) is 5.28. The second-order valence-electron chi connectivity index (χ2n) is 33.5. The molecule has 0 fully saturated rings. The average Bonchev–Trinajstić information content (AvgIpc) is 0.797. The van der Waals surface area contributed by atoms with Crippen molar-refractivity contribution in [1.82, 2.24) is 9.13 Å². The van der Waals surface area contributed by atoms with E-state index in [1.807, 2.05) is 0 Å². The van der Waals surface area contributed by atoms with Gasteiger partial charge < -0.3 is 28.4 Å². The van der Waals surface area contributed by atoms with E-state index < -0.39 is 6.71 Å². The van der Waals surface area contributed by atoms with E-state index in [-0.39, 0.29) is 23.0 Å². The number of aromatic nitrogens is 2. The van der Waals surface area contributed by atoms with Gasteiger partial charge in [-0.15, -0.1) is 0 Å². The first-order valence-electron chi connectivity index (χ1n) is 38.8. The molecule has 4 aliphatic heterocycles. The molecule has 0 amide bonds. The van der Waals surface area contributed by atoms with Gasteiger partial charge in [0.1, 0.15) is 23.0 Å². The van der Waals surface area contributed by atoms with Crippen LogP contribution in [0.5, 0.6) is 23.0 Å². The third-order valence-corrected chi connectivity index (χ3v) is 23.8. The van der Waals surface area contributed by atoms with Gasteiger partial charge in [-0.1, -0.05) is 305 Å². The van der Waals surface area contributed by atoms with Crippen LogP contribution in [0.1, 0.15) is 79.0 Å². The monoisotopic (exact) mass is 1410 g/mol. The SMILES string of the molecule is CC(C)(C)c1ccc(-c2ccccc2N2c3cc(C(C)(C)C)cc4c3B(c3ccc(-c5ccccc5)cc3N4c3cc(-c4ccccc4)ccc3C(C)(C)C)c3c2cc2c4c3Oc3cc(-n5c6ccccc6c6ccccc65)ccc3B4c3cc(-c4ccccc4)cc(-n4c5ccccc5c5ccccc54)c3O2)cc1. The van der Waals surface area contributed by atoms with Crippen molar-refractivity contribution in [1.29, 1.82) is 0 Å². The summed E-state index contributed by atoms with van der Waals surface area (Å²) in [7, 11) is 0. The van der Waals surface area contributed by atoms with E-state index in [0.29, 0.717) is 0 Å². The maximum atomic E-state index is 8.38. The molecular formula is C102H80B2N4O2. The Labute approximate surface area is 643 Å². The zero-order valence-corrected chi connectivity index (χ0v) is 63.4. The molecule has 21 rings (SSSR count). The Morgan fingerprint density at radius 2 is 0.718 bits per heavy atom. The molecule has 2 aromatic heterocycles. The van der Waals surface area contributed by atoms with E-state index in [2.05, 4.69) is 403 Å². The van der Waals surface area contributed by atoms with Gasteiger partial charge in [-0.25, -0.2) is 0 Å². The van der Waals surface area contributed by atoms with Crippen LogP contribution in [0, 0.1) is 0 Å². The zero-order chi connectivity index (χ0) is 74.2. The van der Waals surface area contributed by atoms with Crippen molar-refractivity contribution in [2.45, 2.75) is 78.6 Å². The van der Waals surface area contributed by atoms with Crippen molar-refractivity contribution in [2.75, 3.05) is 9.80 Å². The number of anilines is 6. The molecule has 4 aliphatic rings. The van der Waals surface area contributed by atoms with Crippen LogP contribution in [0.15, 0.2) is 322 Å². The fourth-order valence-corrected chi connectivity index (χ4v) is 18.6. The van der Waals surface area contributed by atoms with Crippen LogP contribution in [0.4, 0.5) is 34.1 Å². The Morgan fingerprint density at radius 3 is 1.29 bits per heavy atom. The van der Waals surface area contributed by atoms with Gasteiger partial charge in [-0.3, -0.25) is 0 Å². The highest BCUT2D eigenvalue weighted by atomic mass is 16.5. The quantitative estimate of drug-likeness (QED) is 0.142. The van der Waals surface area contributed by atoms with E-state index in [9.17, 15) is 0 Å². The van der Waals surface area contributed by atoms with Crippen LogP contribution in [0.3, 0.4) is 0 Å². The average molecular weight is 1420 g/mol. The Hall–Kier alpha value is -12.8. The lowest BCUT2D eigenvalue weighted by Gasteiger charge is -2.47. The Morgan fingerprint density at radius 1 is 0.255 bits per heavy atom. The lowest BCUT2D eigenvalue weighted by atomic mass is 9.30. The minimum absolute atomic E-state index is 0.0485. The Bertz CT molecular complexity index is 6570. The summed E-state index contributed by atoms with van der Waals surface area (Å²) in [5, 5.41) is 4.76. The number of hydrogen-bond acceptors (Lipinski definition) is 4. The minimum Gasteiger partial charge on any atom is -0.459 e. The maximum absolute atomic E-state index is 8.38. The molecule has 6 nitrogen and oxygen atoms in total. The van der Waals surface area contributed by atoms with Crippen LogP contribution in [-0.2, 0) is 16.2 Å². The molecule has 110 heavy (non-hydrogen) atoms. The van der Waals surface area contributed by atoms with E-state index in [4.69, 9.17) is 9.47 Å².